The Morgan fingerprint density at radius 2 is 1.74 bits per heavy atom. The molecule has 3 aliphatic rings. The number of benzene rings is 1. The molecule has 1 aromatic carbocycles. The predicted octanol–water partition coefficient (Wildman–Crippen LogP) is 3.21. The van der Waals surface area contributed by atoms with Gasteiger partial charge in [-0.05, 0) is 29.9 Å². The molecule has 4 unspecified atom stereocenters. The average Bonchev–Trinajstić information content (AvgIpc) is 3.40. The first-order chi connectivity index (χ1) is 14.3. The van der Waals surface area contributed by atoms with Crippen LogP contribution in [0.1, 0.15) is 25.8 Å². The maximum absolute atomic E-state index is 12.8. The lowest BCUT2D eigenvalue weighted by atomic mass is 9.84. The number of imide groups is 1. The van der Waals surface area contributed by atoms with Gasteiger partial charge in [-0.3, -0.25) is 19.5 Å². The lowest BCUT2D eigenvalue weighted by Gasteiger charge is -2.28. The Bertz CT molecular complexity index is 887. The SMILES string of the molecule is CN=C(NCCN1C(=O)C2C3C=CC(C3)C2C1=O)NCC(C)(C)c1ccccc1Cl.I. The van der Waals surface area contributed by atoms with Crippen molar-refractivity contribution in [2.45, 2.75) is 25.7 Å². The van der Waals surface area contributed by atoms with Crippen molar-refractivity contribution in [1.29, 1.82) is 0 Å². The van der Waals surface area contributed by atoms with Gasteiger partial charge in [-0.15, -0.1) is 24.0 Å². The third kappa shape index (κ3) is 4.49. The van der Waals surface area contributed by atoms with E-state index in [1.54, 1.807) is 7.05 Å². The summed E-state index contributed by atoms with van der Waals surface area (Å²) in [6, 6.07) is 7.83. The van der Waals surface area contributed by atoms with Crippen LogP contribution in [0.25, 0.3) is 0 Å². The number of carbonyl (C=O) groups is 2. The summed E-state index contributed by atoms with van der Waals surface area (Å²) >= 11 is 6.36. The largest absolute Gasteiger partial charge is 0.356 e. The minimum atomic E-state index is -0.194. The number of likely N-dealkylation sites (tertiary alicyclic amines) is 1. The van der Waals surface area contributed by atoms with E-state index in [-0.39, 0.29) is 64.9 Å². The number of halogens is 2. The van der Waals surface area contributed by atoms with Gasteiger partial charge in [-0.1, -0.05) is 55.8 Å². The zero-order valence-electron chi connectivity index (χ0n) is 18.1. The highest BCUT2D eigenvalue weighted by Gasteiger charge is 2.58. The van der Waals surface area contributed by atoms with E-state index in [1.165, 1.54) is 4.90 Å². The smallest absolute Gasteiger partial charge is 0.233 e. The topological polar surface area (TPSA) is 73.8 Å². The Morgan fingerprint density at radius 3 is 2.32 bits per heavy atom. The number of rotatable bonds is 6. The highest BCUT2D eigenvalue weighted by Crippen LogP contribution is 2.52. The maximum atomic E-state index is 12.8. The predicted molar refractivity (Wildman–Crippen MR) is 134 cm³/mol. The Labute approximate surface area is 205 Å². The number of nitrogens with one attached hydrogen (secondary N) is 2. The van der Waals surface area contributed by atoms with Crippen molar-refractivity contribution < 1.29 is 9.59 Å². The van der Waals surface area contributed by atoms with Crippen molar-refractivity contribution in [2.75, 3.05) is 26.7 Å². The van der Waals surface area contributed by atoms with E-state index in [1.807, 2.05) is 24.3 Å². The number of aliphatic imine (C=N–C) groups is 1. The minimum Gasteiger partial charge on any atom is -0.356 e. The van der Waals surface area contributed by atoms with E-state index in [9.17, 15) is 9.59 Å². The van der Waals surface area contributed by atoms with Gasteiger partial charge in [0.25, 0.3) is 0 Å². The molecule has 4 atom stereocenters. The molecule has 1 saturated carbocycles. The van der Waals surface area contributed by atoms with E-state index < -0.39 is 0 Å². The van der Waals surface area contributed by atoms with Crippen LogP contribution in [0, 0.1) is 23.7 Å². The van der Waals surface area contributed by atoms with Crippen LogP contribution in [-0.4, -0.2) is 49.4 Å². The Hall–Kier alpha value is -1.61. The van der Waals surface area contributed by atoms with Crippen LogP contribution in [0.2, 0.25) is 5.02 Å². The third-order valence-electron chi connectivity index (χ3n) is 6.71. The number of amides is 2. The summed E-state index contributed by atoms with van der Waals surface area (Å²) in [7, 11) is 1.71. The molecule has 2 N–H and O–H groups in total. The normalized spacial score (nSPS) is 26.8. The summed E-state index contributed by atoms with van der Waals surface area (Å²) in [4.78, 5) is 31.2. The van der Waals surface area contributed by atoms with E-state index in [4.69, 9.17) is 11.6 Å². The molecule has 2 amide bonds. The quantitative estimate of drug-likeness (QED) is 0.186. The van der Waals surface area contributed by atoms with Gasteiger partial charge >= 0.3 is 0 Å². The summed E-state index contributed by atoms with van der Waals surface area (Å²) in [5.41, 5.74) is 0.873. The number of fused-ring (bicyclic) bond motifs is 5. The van der Waals surface area contributed by atoms with Crippen molar-refractivity contribution in [3.05, 3.63) is 47.0 Å². The third-order valence-corrected chi connectivity index (χ3v) is 7.04. The summed E-state index contributed by atoms with van der Waals surface area (Å²) in [5, 5.41) is 7.30. The van der Waals surface area contributed by atoms with Crippen molar-refractivity contribution in [1.82, 2.24) is 15.5 Å². The molecule has 2 aliphatic carbocycles. The molecule has 0 radical (unpaired) electrons. The lowest BCUT2D eigenvalue weighted by molar-refractivity contribution is -0.140. The molecule has 0 spiro atoms. The standard InChI is InChI=1S/C23H29ClN4O2.HI/c1-23(2,16-6-4-5-7-17(16)24)13-27-22(25-3)26-10-11-28-20(29)18-14-8-9-15(12-14)19(18)21(28)30;/h4-9,14-15,18-19H,10-13H2,1-3H3,(H2,25,26,27);1H. The van der Waals surface area contributed by atoms with Crippen LogP contribution in [0.4, 0.5) is 0 Å². The minimum absolute atomic E-state index is 0. The zero-order valence-corrected chi connectivity index (χ0v) is 21.2. The fraction of sp³-hybridized carbons (Fsp3) is 0.522. The first-order valence-electron chi connectivity index (χ1n) is 10.6. The summed E-state index contributed by atoms with van der Waals surface area (Å²) in [5.74, 6) is 0.837. The molecule has 1 aliphatic heterocycles. The molecule has 4 rings (SSSR count). The van der Waals surface area contributed by atoms with Crippen LogP contribution < -0.4 is 10.6 Å². The van der Waals surface area contributed by atoms with Crippen LogP contribution in [-0.2, 0) is 15.0 Å². The molecule has 168 valence electrons. The molecule has 1 heterocycles. The first kappa shape index (κ1) is 24.0. The fourth-order valence-corrected chi connectivity index (χ4v) is 5.49. The second-order valence-corrected chi connectivity index (χ2v) is 9.45. The molecule has 31 heavy (non-hydrogen) atoms. The van der Waals surface area contributed by atoms with E-state index in [0.717, 1.165) is 17.0 Å². The van der Waals surface area contributed by atoms with Gasteiger partial charge in [-0.25, -0.2) is 0 Å². The van der Waals surface area contributed by atoms with Gasteiger partial charge in [-0.2, -0.15) is 0 Å². The lowest BCUT2D eigenvalue weighted by Crippen LogP contribution is -2.46. The Kier molecular flexibility index (Phi) is 7.35. The molecule has 1 saturated heterocycles. The van der Waals surface area contributed by atoms with E-state index in [2.05, 4.69) is 41.6 Å². The summed E-state index contributed by atoms with van der Waals surface area (Å²) in [6.45, 7) is 5.70. The van der Waals surface area contributed by atoms with E-state index in [0.29, 0.717) is 25.6 Å². The fourth-order valence-electron chi connectivity index (χ4n) is 5.10. The number of hydrogen-bond acceptors (Lipinski definition) is 3. The summed E-state index contributed by atoms with van der Waals surface area (Å²) < 4.78 is 0. The second kappa shape index (κ2) is 9.48. The van der Waals surface area contributed by atoms with Gasteiger partial charge in [0.05, 0.1) is 11.8 Å². The molecule has 0 aromatic heterocycles. The summed E-state index contributed by atoms with van der Waals surface area (Å²) in [6.07, 6.45) is 5.19. The molecule has 8 heteroatoms. The monoisotopic (exact) mass is 556 g/mol. The van der Waals surface area contributed by atoms with E-state index >= 15 is 0 Å². The van der Waals surface area contributed by atoms with Crippen molar-refractivity contribution in [3.8, 4) is 0 Å². The van der Waals surface area contributed by atoms with Crippen LogP contribution >= 0.6 is 35.6 Å². The van der Waals surface area contributed by atoms with Gasteiger partial charge < -0.3 is 10.6 Å². The highest BCUT2D eigenvalue weighted by molar-refractivity contribution is 14.0. The molecule has 2 bridgehead atoms. The number of hydrogen-bond donors (Lipinski definition) is 2. The van der Waals surface area contributed by atoms with Crippen LogP contribution in [0.3, 0.4) is 0 Å². The second-order valence-electron chi connectivity index (χ2n) is 9.04. The number of allylic oxidation sites excluding steroid dienone is 2. The van der Waals surface area contributed by atoms with Crippen LogP contribution in [0.15, 0.2) is 41.4 Å². The van der Waals surface area contributed by atoms with Gasteiger partial charge in [0.15, 0.2) is 5.96 Å². The Morgan fingerprint density at radius 1 is 1.13 bits per heavy atom. The average molecular weight is 557 g/mol. The number of nitrogens with zero attached hydrogens (tertiary/aromatic N) is 2. The van der Waals surface area contributed by atoms with Gasteiger partial charge in [0.2, 0.25) is 11.8 Å². The zero-order chi connectivity index (χ0) is 21.5. The van der Waals surface area contributed by atoms with Gasteiger partial charge in [0, 0.05) is 37.1 Å². The van der Waals surface area contributed by atoms with Crippen LogP contribution in [0.5, 0.6) is 0 Å². The Balaban J connectivity index is 0.00000272. The molecule has 2 fully saturated rings. The maximum Gasteiger partial charge on any atom is 0.233 e. The van der Waals surface area contributed by atoms with Crippen molar-refractivity contribution in [3.63, 3.8) is 0 Å². The highest BCUT2D eigenvalue weighted by atomic mass is 127. The molecular weight excluding hydrogens is 527 g/mol. The molecule has 1 aromatic rings. The number of guanidine groups is 1. The van der Waals surface area contributed by atoms with Gasteiger partial charge in [0.1, 0.15) is 0 Å². The number of carbonyl (C=O) groups excluding carboxylic acids is 2. The molecular formula is C23H30ClIN4O2. The van der Waals surface area contributed by atoms with Crippen molar-refractivity contribution in [2.24, 2.45) is 28.7 Å². The molecule has 6 nitrogen and oxygen atoms in total. The van der Waals surface area contributed by atoms with Crippen molar-refractivity contribution >= 4 is 53.4 Å². The first-order valence-corrected chi connectivity index (χ1v) is 10.9.